The maximum absolute atomic E-state index is 13.0. The molecule has 7 nitrogen and oxygen atoms in total. The lowest BCUT2D eigenvalue weighted by molar-refractivity contribution is -0.129. The van der Waals surface area contributed by atoms with Gasteiger partial charge in [-0.25, -0.2) is 4.98 Å². The lowest BCUT2D eigenvalue weighted by Crippen LogP contribution is -2.50. The van der Waals surface area contributed by atoms with Crippen molar-refractivity contribution in [2.24, 2.45) is 0 Å². The molecule has 2 amide bonds. The molecule has 0 saturated heterocycles. The number of carbonyl (C=O) groups excluding carboxylic acids is 2. The van der Waals surface area contributed by atoms with E-state index in [0.717, 1.165) is 16.7 Å². The molecule has 3 rings (SSSR count). The van der Waals surface area contributed by atoms with E-state index in [-0.39, 0.29) is 31.3 Å². The summed E-state index contributed by atoms with van der Waals surface area (Å²) in [6.07, 6.45) is 1.86. The summed E-state index contributed by atoms with van der Waals surface area (Å²) in [7, 11) is 1.86. The van der Waals surface area contributed by atoms with E-state index >= 15 is 0 Å². The molecule has 178 valence electrons. The molecule has 1 heterocycles. The zero-order valence-corrected chi connectivity index (χ0v) is 20.3. The van der Waals surface area contributed by atoms with Gasteiger partial charge in [0.25, 0.3) is 0 Å². The lowest BCUT2D eigenvalue weighted by atomic mass is 10.0. The number of nitrogens with zero attached hydrogens (tertiary/aromatic N) is 2. The van der Waals surface area contributed by atoms with E-state index in [1.165, 1.54) is 0 Å². The summed E-state index contributed by atoms with van der Waals surface area (Å²) >= 11 is 12.2. The fourth-order valence-electron chi connectivity index (χ4n) is 3.40. The van der Waals surface area contributed by atoms with Crippen molar-refractivity contribution in [1.29, 1.82) is 0 Å². The van der Waals surface area contributed by atoms with Gasteiger partial charge in [-0.1, -0.05) is 65.7 Å². The van der Waals surface area contributed by atoms with Crippen LogP contribution in [0.15, 0.2) is 66.9 Å². The van der Waals surface area contributed by atoms with Gasteiger partial charge in [-0.3, -0.25) is 14.5 Å². The average molecular weight is 500 g/mol. The molecule has 3 aromatic rings. The third-order valence-corrected chi connectivity index (χ3v) is 5.84. The molecule has 4 N–H and O–H groups in total. The average Bonchev–Trinajstić information content (AvgIpc) is 2.81. The second kappa shape index (κ2) is 12.4. The molecule has 1 aromatic heterocycles. The molecule has 0 radical (unpaired) electrons. The van der Waals surface area contributed by atoms with Gasteiger partial charge in [-0.05, 0) is 41.9 Å². The first-order chi connectivity index (χ1) is 16.3. The zero-order valence-electron chi connectivity index (χ0n) is 18.8. The van der Waals surface area contributed by atoms with Crippen molar-refractivity contribution in [3.05, 3.63) is 93.6 Å². The number of carbonyl (C=O) groups is 2. The Bertz CT molecular complexity index is 1110. The Morgan fingerprint density at radius 2 is 1.74 bits per heavy atom. The van der Waals surface area contributed by atoms with Crippen molar-refractivity contribution in [3.63, 3.8) is 0 Å². The number of halogens is 2. The molecule has 1 unspecified atom stereocenters. The monoisotopic (exact) mass is 499 g/mol. The number of aromatic nitrogens is 1. The smallest absolute Gasteiger partial charge is 0.243 e. The largest absolute Gasteiger partial charge is 0.384 e. The first-order valence-electron chi connectivity index (χ1n) is 10.7. The van der Waals surface area contributed by atoms with Gasteiger partial charge in [0.2, 0.25) is 11.8 Å². The van der Waals surface area contributed by atoms with Crippen molar-refractivity contribution in [1.82, 2.24) is 20.5 Å². The highest BCUT2D eigenvalue weighted by Gasteiger charge is 2.22. The Morgan fingerprint density at radius 3 is 2.41 bits per heavy atom. The predicted molar refractivity (Wildman–Crippen MR) is 135 cm³/mol. The molecule has 0 saturated carbocycles. The van der Waals surface area contributed by atoms with Crippen LogP contribution < -0.4 is 16.4 Å². The fourth-order valence-corrected chi connectivity index (χ4v) is 3.72. The topological polar surface area (TPSA) is 100 Å². The first kappa shape index (κ1) is 25.5. The van der Waals surface area contributed by atoms with Gasteiger partial charge in [0.1, 0.15) is 11.9 Å². The van der Waals surface area contributed by atoms with Crippen molar-refractivity contribution in [2.75, 3.05) is 19.3 Å². The van der Waals surface area contributed by atoms with E-state index in [1.807, 2.05) is 42.3 Å². The molecule has 0 spiro atoms. The number of rotatable bonds is 10. The van der Waals surface area contributed by atoms with Gasteiger partial charge >= 0.3 is 0 Å². The van der Waals surface area contributed by atoms with Crippen LogP contribution in [-0.4, -0.2) is 41.3 Å². The highest BCUT2D eigenvalue weighted by molar-refractivity contribution is 6.42. The SMILES string of the molecule is CN(CC(=O)NC(Cc1ccc(Cl)c(Cl)c1)C(=O)NCc1ccc(N)nc1)Cc1ccccc1. The Labute approximate surface area is 209 Å². The van der Waals surface area contributed by atoms with Gasteiger partial charge in [-0.15, -0.1) is 0 Å². The van der Waals surface area contributed by atoms with Gasteiger partial charge in [0, 0.05) is 25.7 Å². The van der Waals surface area contributed by atoms with Crippen LogP contribution in [-0.2, 0) is 29.1 Å². The first-order valence-corrected chi connectivity index (χ1v) is 11.5. The molecular weight excluding hydrogens is 473 g/mol. The Kier molecular flexibility index (Phi) is 9.27. The number of likely N-dealkylation sites (N-methyl/N-ethyl adjacent to an activating group) is 1. The minimum absolute atomic E-state index is 0.141. The number of nitrogens with one attached hydrogen (secondary N) is 2. The number of nitrogen functional groups attached to an aromatic ring is 1. The van der Waals surface area contributed by atoms with Crippen LogP contribution in [0.25, 0.3) is 0 Å². The maximum Gasteiger partial charge on any atom is 0.243 e. The Balaban J connectivity index is 1.65. The summed E-state index contributed by atoms with van der Waals surface area (Å²) in [5.74, 6) is -0.172. The number of hydrogen-bond donors (Lipinski definition) is 3. The predicted octanol–water partition coefficient (Wildman–Crippen LogP) is 3.45. The van der Waals surface area contributed by atoms with Crippen LogP contribution in [0.3, 0.4) is 0 Å². The number of pyridine rings is 1. The standard InChI is InChI=1S/C25H27Cl2N5O2/c1-32(15-17-5-3-2-4-6-17)16-24(33)31-22(12-18-7-9-20(26)21(27)11-18)25(34)30-14-19-8-10-23(28)29-13-19/h2-11,13,22H,12,14-16H2,1H3,(H2,28,29)(H,30,34)(H,31,33). The van der Waals surface area contributed by atoms with Crippen molar-refractivity contribution >= 4 is 40.8 Å². The number of amides is 2. The van der Waals surface area contributed by atoms with Gasteiger partial charge in [0.05, 0.1) is 16.6 Å². The van der Waals surface area contributed by atoms with Crippen LogP contribution in [0.4, 0.5) is 5.82 Å². The van der Waals surface area contributed by atoms with Crippen LogP contribution in [0.2, 0.25) is 10.0 Å². The second-order valence-electron chi connectivity index (χ2n) is 8.04. The van der Waals surface area contributed by atoms with E-state index in [1.54, 1.807) is 36.5 Å². The number of nitrogens with two attached hydrogens (primary N) is 1. The van der Waals surface area contributed by atoms with Crippen LogP contribution in [0.5, 0.6) is 0 Å². The van der Waals surface area contributed by atoms with E-state index in [2.05, 4.69) is 15.6 Å². The quantitative estimate of drug-likeness (QED) is 0.396. The molecule has 0 aliphatic carbocycles. The summed E-state index contributed by atoms with van der Waals surface area (Å²) in [6.45, 7) is 1.01. The molecule has 0 fully saturated rings. The summed E-state index contributed by atoms with van der Waals surface area (Å²) in [4.78, 5) is 31.7. The van der Waals surface area contributed by atoms with E-state index in [9.17, 15) is 9.59 Å². The Hall–Kier alpha value is -3.13. The van der Waals surface area contributed by atoms with Crippen LogP contribution in [0.1, 0.15) is 16.7 Å². The Morgan fingerprint density at radius 1 is 1.00 bits per heavy atom. The molecular formula is C25H27Cl2N5O2. The number of hydrogen-bond acceptors (Lipinski definition) is 5. The van der Waals surface area contributed by atoms with E-state index in [0.29, 0.717) is 22.4 Å². The van der Waals surface area contributed by atoms with Gasteiger partial charge in [0.15, 0.2) is 0 Å². The summed E-state index contributed by atoms with van der Waals surface area (Å²) in [6, 6.07) is 17.7. The van der Waals surface area contributed by atoms with Crippen molar-refractivity contribution in [2.45, 2.75) is 25.6 Å². The van der Waals surface area contributed by atoms with Crippen molar-refractivity contribution < 1.29 is 9.59 Å². The molecule has 2 aromatic carbocycles. The molecule has 0 aliphatic heterocycles. The zero-order chi connectivity index (χ0) is 24.5. The second-order valence-corrected chi connectivity index (χ2v) is 8.85. The summed E-state index contributed by atoms with van der Waals surface area (Å²) < 4.78 is 0. The minimum atomic E-state index is -0.795. The summed E-state index contributed by atoms with van der Waals surface area (Å²) in [5, 5.41) is 6.53. The van der Waals surface area contributed by atoms with Crippen molar-refractivity contribution in [3.8, 4) is 0 Å². The summed E-state index contributed by atoms with van der Waals surface area (Å²) in [5.41, 5.74) is 8.29. The van der Waals surface area contributed by atoms with Crippen LogP contribution in [0, 0.1) is 0 Å². The molecule has 0 bridgehead atoms. The highest BCUT2D eigenvalue weighted by atomic mass is 35.5. The molecule has 34 heavy (non-hydrogen) atoms. The van der Waals surface area contributed by atoms with Gasteiger partial charge < -0.3 is 16.4 Å². The molecule has 1 atom stereocenters. The minimum Gasteiger partial charge on any atom is -0.384 e. The maximum atomic E-state index is 13.0. The highest BCUT2D eigenvalue weighted by Crippen LogP contribution is 2.23. The molecule has 9 heteroatoms. The normalized spacial score (nSPS) is 11.8. The van der Waals surface area contributed by atoms with E-state index in [4.69, 9.17) is 28.9 Å². The number of benzene rings is 2. The third-order valence-electron chi connectivity index (χ3n) is 5.10. The fraction of sp³-hybridized carbons (Fsp3) is 0.240. The lowest BCUT2D eigenvalue weighted by Gasteiger charge is -2.21. The van der Waals surface area contributed by atoms with E-state index < -0.39 is 6.04 Å². The third kappa shape index (κ3) is 8.02. The molecule has 0 aliphatic rings. The van der Waals surface area contributed by atoms with Crippen LogP contribution >= 0.6 is 23.2 Å². The van der Waals surface area contributed by atoms with Gasteiger partial charge in [-0.2, -0.15) is 0 Å². The number of anilines is 1.